The van der Waals surface area contributed by atoms with Gasteiger partial charge in [0.25, 0.3) is 0 Å². The summed E-state index contributed by atoms with van der Waals surface area (Å²) in [6.07, 6.45) is 15.1. The Morgan fingerprint density at radius 3 is 2.83 bits per heavy atom. The van der Waals surface area contributed by atoms with E-state index in [9.17, 15) is 9.90 Å². The van der Waals surface area contributed by atoms with Gasteiger partial charge in [0.05, 0.1) is 6.10 Å². The lowest BCUT2D eigenvalue weighted by Gasteiger charge is -2.48. The van der Waals surface area contributed by atoms with Crippen LogP contribution in [0.2, 0.25) is 0 Å². The maximum absolute atomic E-state index is 12.3. The summed E-state index contributed by atoms with van der Waals surface area (Å²) in [5, 5.41) is 13.5. The fourth-order valence-corrected chi connectivity index (χ4v) is 5.03. The molecule has 0 aliphatic heterocycles. The van der Waals surface area contributed by atoms with E-state index in [0.29, 0.717) is 41.7 Å². The Balaban J connectivity index is 1.64. The summed E-state index contributed by atoms with van der Waals surface area (Å²) in [4.78, 5) is 16.4. The van der Waals surface area contributed by atoms with E-state index in [1.54, 1.807) is 12.4 Å². The highest BCUT2D eigenvalue weighted by atomic mass is 16.3. The zero-order valence-corrected chi connectivity index (χ0v) is 18.0. The molecule has 0 aromatic carbocycles. The third-order valence-corrected chi connectivity index (χ3v) is 6.79. The van der Waals surface area contributed by atoms with E-state index in [2.05, 4.69) is 49.3 Å². The number of amides is 1. The smallest absolute Gasteiger partial charge is 0.247 e. The number of carbonyl (C=O) groups excluding carboxylic acids is 1. The van der Waals surface area contributed by atoms with E-state index in [1.807, 2.05) is 31.2 Å². The summed E-state index contributed by atoms with van der Waals surface area (Å²) in [6.45, 7) is 8.91. The second kappa shape index (κ2) is 9.53. The Bertz CT molecular complexity index is 783. The van der Waals surface area contributed by atoms with Gasteiger partial charge in [-0.25, -0.2) is 0 Å². The van der Waals surface area contributed by atoms with Gasteiger partial charge in [-0.05, 0) is 60.5 Å². The van der Waals surface area contributed by atoms with Crippen LogP contribution in [-0.2, 0) is 11.3 Å². The number of carbonyl (C=O) groups is 1. The third-order valence-electron chi connectivity index (χ3n) is 6.79. The normalized spacial score (nSPS) is 34.8. The minimum Gasteiger partial charge on any atom is -0.393 e. The molecule has 0 saturated heterocycles. The first-order chi connectivity index (χ1) is 13.9. The lowest BCUT2D eigenvalue weighted by molar-refractivity contribution is -0.117. The number of allylic oxidation sites excluding steroid dienone is 5. The van der Waals surface area contributed by atoms with Crippen molar-refractivity contribution in [1.82, 2.24) is 10.3 Å². The van der Waals surface area contributed by atoms with Gasteiger partial charge in [-0.1, -0.05) is 57.2 Å². The highest BCUT2D eigenvalue weighted by molar-refractivity contribution is 5.93. The van der Waals surface area contributed by atoms with Crippen LogP contribution in [0.1, 0.15) is 39.7 Å². The van der Waals surface area contributed by atoms with Crippen LogP contribution in [0.5, 0.6) is 0 Å². The molecule has 2 aliphatic rings. The molecule has 156 valence electrons. The molecule has 0 radical (unpaired) electrons. The van der Waals surface area contributed by atoms with Gasteiger partial charge in [0.2, 0.25) is 5.91 Å². The molecule has 29 heavy (non-hydrogen) atoms. The zero-order valence-electron chi connectivity index (χ0n) is 18.0. The summed E-state index contributed by atoms with van der Waals surface area (Å²) in [7, 11) is 0. The first kappa shape index (κ1) is 21.5. The largest absolute Gasteiger partial charge is 0.393 e. The van der Waals surface area contributed by atoms with Crippen molar-refractivity contribution in [2.24, 2.45) is 35.5 Å². The molecule has 1 aromatic heterocycles. The number of aliphatic hydroxyl groups is 1. The average Bonchev–Trinajstić information content (AvgIpc) is 2.72. The number of aliphatic hydroxyl groups excluding tert-OH is 1. The van der Waals surface area contributed by atoms with Crippen molar-refractivity contribution in [1.29, 1.82) is 0 Å². The predicted octanol–water partition coefficient (Wildman–Crippen LogP) is 4.29. The van der Waals surface area contributed by atoms with Crippen molar-refractivity contribution in [3.63, 3.8) is 0 Å². The fourth-order valence-electron chi connectivity index (χ4n) is 5.03. The van der Waals surface area contributed by atoms with Gasteiger partial charge in [0.15, 0.2) is 0 Å². The second-order valence-corrected chi connectivity index (χ2v) is 8.90. The molecule has 2 N–H and O–H groups in total. The van der Waals surface area contributed by atoms with Crippen LogP contribution in [0.15, 0.2) is 60.5 Å². The van der Waals surface area contributed by atoms with Crippen LogP contribution in [0.25, 0.3) is 0 Å². The van der Waals surface area contributed by atoms with E-state index in [-0.39, 0.29) is 17.9 Å². The predicted molar refractivity (Wildman–Crippen MR) is 117 cm³/mol. The number of fused-ring (bicyclic) bond motifs is 1. The molecule has 7 atom stereocenters. The first-order valence-corrected chi connectivity index (χ1v) is 10.8. The molecule has 3 rings (SSSR count). The molecule has 1 aromatic rings. The molecule has 0 unspecified atom stereocenters. The Labute approximate surface area is 174 Å². The topological polar surface area (TPSA) is 62.2 Å². The highest BCUT2D eigenvalue weighted by Crippen LogP contribution is 2.48. The maximum Gasteiger partial charge on any atom is 0.247 e. The monoisotopic (exact) mass is 394 g/mol. The van der Waals surface area contributed by atoms with Gasteiger partial charge in [-0.15, -0.1) is 0 Å². The number of nitrogens with zero attached hydrogens (tertiary/aromatic N) is 1. The van der Waals surface area contributed by atoms with Gasteiger partial charge in [-0.2, -0.15) is 0 Å². The number of hydrogen-bond acceptors (Lipinski definition) is 3. The van der Waals surface area contributed by atoms with Crippen molar-refractivity contribution in [3.05, 3.63) is 66.0 Å². The van der Waals surface area contributed by atoms with Crippen molar-refractivity contribution in [2.45, 2.75) is 46.8 Å². The average molecular weight is 395 g/mol. The molecule has 1 fully saturated rings. The van der Waals surface area contributed by atoms with Gasteiger partial charge in [0.1, 0.15) is 0 Å². The van der Waals surface area contributed by atoms with Crippen molar-refractivity contribution >= 4 is 5.91 Å². The minimum atomic E-state index is -0.235. The number of pyridine rings is 1. The van der Waals surface area contributed by atoms with Gasteiger partial charge < -0.3 is 10.4 Å². The number of rotatable bonds is 5. The van der Waals surface area contributed by atoms with Crippen LogP contribution in [0.4, 0.5) is 0 Å². The molecule has 0 bridgehead atoms. The lowest BCUT2D eigenvalue weighted by Crippen LogP contribution is -2.46. The molecular formula is C25H34N2O2. The van der Waals surface area contributed by atoms with Crippen molar-refractivity contribution in [3.8, 4) is 0 Å². The maximum atomic E-state index is 12.3. The van der Waals surface area contributed by atoms with E-state index in [1.165, 1.54) is 0 Å². The summed E-state index contributed by atoms with van der Waals surface area (Å²) < 4.78 is 0. The Morgan fingerprint density at radius 2 is 2.10 bits per heavy atom. The molecule has 4 heteroatoms. The van der Waals surface area contributed by atoms with Gasteiger partial charge >= 0.3 is 0 Å². The first-order valence-electron chi connectivity index (χ1n) is 10.8. The van der Waals surface area contributed by atoms with E-state index in [4.69, 9.17) is 0 Å². The SMILES string of the molecule is C/C(=C\C=C\[C@@H]1[C@@H]2[C@H](C)[C@@H](O)[C@H](C)C[C@@H]2C=C[C@H]1C)C(=O)NCc1cccnc1. The van der Waals surface area contributed by atoms with Crippen molar-refractivity contribution < 1.29 is 9.90 Å². The van der Waals surface area contributed by atoms with Crippen LogP contribution < -0.4 is 5.32 Å². The molecule has 4 nitrogen and oxygen atoms in total. The Morgan fingerprint density at radius 1 is 1.31 bits per heavy atom. The molecule has 2 aliphatic carbocycles. The van der Waals surface area contributed by atoms with Gasteiger partial charge in [0, 0.05) is 24.5 Å². The molecular weight excluding hydrogens is 360 g/mol. The molecule has 1 heterocycles. The fraction of sp³-hybridized carbons (Fsp3) is 0.520. The molecule has 1 amide bonds. The van der Waals surface area contributed by atoms with Crippen molar-refractivity contribution in [2.75, 3.05) is 0 Å². The summed E-state index contributed by atoms with van der Waals surface area (Å²) in [5.41, 5.74) is 1.67. The summed E-state index contributed by atoms with van der Waals surface area (Å²) in [6, 6.07) is 3.81. The third kappa shape index (κ3) is 5.05. The number of hydrogen-bond donors (Lipinski definition) is 2. The second-order valence-electron chi connectivity index (χ2n) is 8.90. The Hall–Kier alpha value is -2.20. The molecule has 1 saturated carbocycles. The van der Waals surface area contributed by atoms with E-state index in [0.717, 1.165) is 12.0 Å². The quantitative estimate of drug-likeness (QED) is 0.445. The Kier molecular flexibility index (Phi) is 7.07. The van der Waals surface area contributed by atoms with Crippen LogP contribution in [-0.4, -0.2) is 22.1 Å². The van der Waals surface area contributed by atoms with Crippen LogP contribution >= 0.6 is 0 Å². The zero-order chi connectivity index (χ0) is 21.0. The lowest BCUT2D eigenvalue weighted by atomic mass is 9.58. The summed E-state index contributed by atoms with van der Waals surface area (Å²) in [5.74, 6) is 2.35. The summed E-state index contributed by atoms with van der Waals surface area (Å²) >= 11 is 0. The molecule has 0 spiro atoms. The standard InChI is InChI=1S/C25H34N2O2/c1-16-10-11-21-13-18(3)24(28)19(4)23(21)22(16)9-5-7-17(2)25(29)27-15-20-8-6-12-26-14-20/h5-12,14,16,18-19,21-24,28H,13,15H2,1-4H3,(H,27,29)/b9-5+,17-7+/t16-,18-,19+,21+,22+,23-,24+/m1/s1. The van der Waals surface area contributed by atoms with E-state index < -0.39 is 0 Å². The minimum absolute atomic E-state index is 0.0664. The van der Waals surface area contributed by atoms with Crippen LogP contribution in [0, 0.1) is 35.5 Å². The van der Waals surface area contributed by atoms with E-state index >= 15 is 0 Å². The number of nitrogens with one attached hydrogen (secondary N) is 1. The highest BCUT2D eigenvalue weighted by Gasteiger charge is 2.44. The number of aromatic nitrogens is 1. The van der Waals surface area contributed by atoms with Gasteiger partial charge in [-0.3, -0.25) is 9.78 Å². The van der Waals surface area contributed by atoms with Crippen LogP contribution in [0.3, 0.4) is 0 Å².